The number of likely N-dealkylation sites (tertiary alicyclic amines) is 1. The number of ether oxygens (including phenoxy) is 1. The number of nitrogens with one attached hydrogen (secondary N) is 2. The second kappa shape index (κ2) is 14.3. The van der Waals surface area contributed by atoms with Gasteiger partial charge in [0.15, 0.2) is 0 Å². The molecule has 1 unspecified atom stereocenters. The van der Waals surface area contributed by atoms with Crippen LogP contribution in [0.25, 0.3) is 0 Å². The molecule has 0 radical (unpaired) electrons. The van der Waals surface area contributed by atoms with Crippen LogP contribution in [0.5, 0.6) is 5.75 Å². The van der Waals surface area contributed by atoms with Crippen LogP contribution in [0.15, 0.2) is 18.2 Å². The van der Waals surface area contributed by atoms with Gasteiger partial charge in [-0.05, 0) is 50.8 Å². The topological polar surface area (TPSA) is 192 Å². The van der Waals surface area contributed by atoms with Crippen LogP contribution in [-0.4, -0.2) is 104 Å². The van der Waals surface area contributed by atoms with E-state index in [1.807, 2.05) is 0 Å². The minimum absolute atomic E-state index is 0.0436. The summed E-state index contributed by atoms with van der Waals surface area (Å²) in [5.74, 6) is -2.12. The second-order valence-corrected chi connectivity index (χ2v) is 13.0. The molecule has 1 atom stereocenters. The van der Waals surface area contributed by atoms with E-state index in [2.05, 4.69) is 15.5 Å². The van der Waals surface area contributed by atoms with Crippen LogP contribution in [0, 0.1) is 5.92 Å². The summed E-state index contributed by atoms with van der Waals surface area (Å²) in [6.45, 7) is 3.39. The quantitative estimate of drug-likeness (QED) is 0.207. The smallest absolute Gasteiger partial charge is 0.328 e. The van der Waals surface area contributed by atoms with E-state index in [9.17, 15) is 22.8 Å². The predicted molar refractivity (Wildman–Crippen MR) is 154 cm³/mol. The third-order valence-corrected chi connectivity index (χ3v) is 10.0. The standard InChI is InChI=1S/C22H34ClN5O4S.C4H4O4/c1-27(2)33(30,31)22(14-3-8-25-9-4-14)28-10-5-15(6-11-28)26-21(29)17-13-18(23)19(24)16-7-12-32-20(16)17;5-3(6)1-2-4(7)8/h13-15,22,25H,3-12,24H2,1-2H3,(H,26,29);1-2H,(H,5,6)(H,7,8). The number of nitrogens with two attached hydrogens (primary N) is 1. The van der Waals surface area contributed by atoms with Gasteiger partial charge in [0.2, 0.25) is 10.0 Å². The molecule has 2 fully saturated rings. The van der Waals surface area contributed by atoms with Gasteiger partial charge < -0.3 is 31.3 Å². The number of carboxylic acids is 2. The van der Waals surface area contributed by atoms with Crippen LogP contribution in [0.4, 0.5) is 5.69 Å². The number of fused-ring (bicyclic) bond motifs is 1. The predicted octanol–water partition coefficient (Wildman–Crippen LogP) is 0.980. The number of carbonyl (C=O) groups excluding carboxylic acids is 1. The molecule has 3 heterocycles. The molecule has 2 saturated heterocycles. The number of nitrogen functional groups attached to an aromatic ring is 1. The average molecular weight is 616 g/mol. The number of anilines is 1. The van der Waals surface area contributed by atoms with Gasteiger partial charge in [0.1, 0.15) is 11.1 Å². The molecular formula is C26H38ClN5O8S. The van der Waals surface area contributed by atoms with Crippen LogP contribution in [0.3, 0.4) is 0 Å². The van der Waals surface area contributed by atoms with Gasteiger partial charge in [0.25, 0.3) is 5.91 Å². The Hall–Kier alpha value is -2.91. The molecule has 41 heavy (non-hydrogen) atoms. The van der Waals surface area contributed by atoms with Crippen molar-refractivity contribution in [3.63, 3.8) is 0 Å². The summed E-state index contributed by atoms with van der Waals surface area (Å²) in [6, 6.07) is 1.53. The number of rotatable bonds is 8. The van der Waals surface area contributed by atoms with Gasteiger partial charge in [-0.15, -0.1) is 0 Å². The maximum atomic E-state index is 13.2. The van der Waals surface area contributed by atoms with Crippen LogP contribution in [-0.2, 0) is 26.0 Å². The van der Waals surface area contributed by atoms with E-state index < -0.39 is 27.3 Å². The van der Waals surface area contributed by atoms with Crippen molar-refractivity contribution in [2.45, 2.75) is 43.5 Å². The van der Waals surface area contributed by atoms with Gasteiger partial charge in [0, 0.05) is 57.4 Å². The fraction of sp³-hybridized carbons (Fsp3) is 0.577. The summed E-state index contributed by atoms with van der Waals surface area (Å²) in [5, 5.41) is 21.9. The van der Waals surface area contributed by atoms with Crippen molar-refractivity contribution in [2.24, 2.45) is 5.92 Å². The summed E-state index contributed by atoms with van der Waals surface area (Å²) in [4.78, 5) is 34.2. The van der Waals surface area contributed by atoms with Crippen molar-refractivity contribution in [1.29, 1.82) is 0 Å². The van der Waals surface area contributed by atoms with Gasteiger partial charge in [-0.3, -0.25) is 9.69 Å². The first-order valence-corrected chi connectivity index (χ1v) is 15.3. The lowest BCUT2D eigenvalue weighted by molar-refractivity contribution is -0.134. The Labute approximate surface area is 244 Å². The zero-order chi connectivity index (χ0) is 30.3. The second-order valence-electron chi connectivity index (χ2n) is 10.3. The highest BCUT2D eigenvalue weighted by atomic mass is 35.5. The fourth-order valence-corrected chi connectivity index (χ4v) is 7.32. The number of halogens is 1. The van der Waals surface area contributed by atoms with E-state index in [-0.39, 0.29) is 17.9 Å². The summed E-state index contributed by atoms with van der Waals surface area (Å²) in [6.07, 6.45) is 4.81. The Morgan fingerprint density at radius 1 is 1.15 bits per heavy atom. The number of nitrogens with zero attached hydrogens (tertiary/aromatic N) is 2. The summed E-state index contributed by atoms with van der Waals surface area (Å²) >= 11 is 6.25. The Kier molecular flexibility index (Phi) is 11.4. The van der Waals surface area contributed by atoms with Gasteiger partial charge in [-0.2, -0.15) is 0 Å². The van der Waals surface area contributed by atoms with Crippen molar-refractivity contribution in [2.75, 3.05) is 52.6 Å². The molecule has 3 aliphatic rings. The minimum atomic E-state index is -3.44. The first-order valence-electron chi connectivity index (χ1n) is 13.4. The molecular weight excluding hydrogens is 578 g/mol. The zero-order valence-electron chi connectivity index (χ0n) is 23.1. The molecule has 1 aromatic carbocycles. The maximum Gasteiger partial charge on any atom is 0.328 e. The Morgan fingerprint density at radius 2 is 1.73 bits per heavy atom. The van der Waals surface area contributed by atoms with Crippen molar-refractivity contribution in [1.82, 2.24) is 19.8 Å². The average Bonchev–Trinajstić information content (AvgIpc) is 3.42. The number of hydrogen-bond donors (Lipinski definition) is 5. The van der Waals surface area contributed by atoms with Crippen LogP contribution >= 0.6 is 11.6 Å². The number of carboxylic acid groups (broad SMARTS) is 2. The highest BCUT2D eigenvalue weighted by molar-refractivity contribution is 7.89. The Morgan fingerprint density at radius 3 is 2.27 bits per heavy atom. The van der Waals surface area contributed by atoms with Gasteiger partial charge in [-0.1, -0.05) is 11.6 Å². The molecule has 13 nitrogen and oxygen atoms in total. The van der Waals surface area contributed by atoms with Gasteiger partial charge in [0.05, 0.1) is 22.9 Å². The zero-order valence-corrected chi connectivity index (χ0v) is 24.7. The molecule has 4 rings (SSSR count). The number of sulfonamides is 1. The van der Waals surface area contributed by atoms with E-state index >= 15 is 0 Å². The molecule has 1 aromatic rings. The third kappa shape index (κ3) is 8.32. The summed E-state index contributed by atoms with van der Waals surface area (Å²) in [7, 11) is -0.225. The molecule has 3 aliphatic heterocycles. The van der Waals surface area contributed by atoms with E-state index in [4.69, 9.17) is 32.3 Å². The number of benzene rings is 1. The number of hydrogen-bond acceptors (Lipinski definition) is 9. The van der Waals surface area contributed by atoms with Crippen LogP contribution < -0.4 is 21.1 Å². The van der Waals surface area contributed by atoms with Crippen LogP contribution in [0.2, 0.25) is 5.02 Å². The highest BCUT2D eigenvalue weighted by Crippen LogP contribution is 2.39. The minimum Gasteiger partial charge on any atom is -0.492 e. The van der Waals surface area contributed by atoms with Gasteiger partial charge in [-0.25, -0.2) is 22.3 Å². The SMILES string of the molecule is CN(C)S(=O)(=O)C(C1CCNCC1)N1CCC(NC(=O)c2cc(Cl)c(N)c3c2OCC3)CC1.O=C(O)C=CC(=O)O. The molecule has 1 amide bonds. The largest absolute Gasteiger partial charge is 0.492 e. The van der Waals surface area contributed by atoms with E-state index in [0.717, 1.165) is 31.5 Å². The molecule has 6 N–H and O–H groups in total. The van der Waals surface area contributed by atoms with Crippen LogP contribution in [0.1, 0.15) is 41.6 Å². The van der Waals surface area contributed by atoms with Gasteiger partial charge >= 0.3 is 11.9 Å². The number of piperidine rings is 2. The molecule has 15 heteroatoms. The van der Waals surface area contributed by atoms with Crippen molar-refractivity contribution in [3.8, 4) is 5.75 Å². The summed E-state index contributed by atoms with van der Waals surface area (Å²) < 4.78 is 33.4. The van der Waals surface area contributed by atoms with Crippen molar-refractivity contribution >= 4 is 45.2 Å². The van der Waals surface area contributed by atoms with E-state index in [1.165, 1.54) is 4.31 Å². The highest BCUT2D eigenvalue weighted by Gasteiger charge is 2.41. The lowest BCUT2D eigenvalue weighted by Gasteiger charge is -2.42. The molecule has 0 aliphatic carbocycles. The third-order valence-electron chi connectivity index (χ3n) is 7.41. The number of amides is 1. The lowest BCUT2D eigenvalue weighted by Crippen LogP contribution is -2.56. The summed E-state index contributed by atoms with van der Waals surface area (Å²) in [5.41, 5.74) is 7.72. The molecule has 0 bridgehead atoms. The van der Waals surface area contributed by atoms with E-state index in [0.29, 0.717) is 73.1 Å². The normalized spacial score (nSPS) is 19.2. The van der Waals surface area contributed by atoms with E-state index in [1.54, 1.807) is 20.2 Å². The maximum absolute atomic E-state index is 13.2. The van der Waals surface area contributed by atoms with Crippen molar-refractivity contribution < 1.29 is 37.8 Å². The van der Waals surface area contributed by atoms with Crippen molar-refractivity contribution in [3.05, 3.63) is 34.4 Å². The first kappa shape index (κ1) is 32.6. The first-order chi connectivity index (χ1) is 19.3. The molecule has 0 spiro atoms. The Bertz CT molecular complexity index is 1240. The monoisotopic (exact) mass is 615 g/mol. The Balaban J connectivity index is 0.000000507. The molecule has 0 aromatic heterocycles. The molecule has 0 saturated carbocycles. The lowest BCUT2D eigenvalue weighted by atomic mass is 9.95. The fourth-order valence-electron chi connectivity index (χ4n) is 5.32. The molecule has 228 valence electrons. The number of carbonyl (C=O) groups is 3. The number of aliphatic carboxylic acids is 2.